The molecule has 7 rings (SSSR count). The maximum atomic E-state index is 13.4. The second-order valence-electron chi connectivity index (χ2n) is 14.4. The third-order valence-corrected chi connectivity index (χ3v) is 11.2. The van der Waals surface area contributed by atoms with Gasteiger partial charge in [-0.15, -0.1) is 0 Å². The minimum Gasteiger partial charge on any atom is -0.388 e. The van der Waals surface area contributed by atoms with E-state index in [4.69, 9.17) is 16.6 Å². The number of pyridine rings is 1. The zero-order valence-electron chi connectivity index (χ0n) is 29.5. The van der Waals surface area contributed by atoms with Crippen molar-refractivity contribution in [3.8, 4) is 0 Å². The molecule has 4 aromatic rings. The molecule has 0 saturated carbocycles. The maximum Gasteiger partial charge on any atom is 0.261 e. The van der Waals surface area contributed by atoms with E-state index in [9.17, 15) is 24.3 Å². The van der Waals surface area contributed by atoms with Gasteiger partial charge in [-0.2, -0.15) is 0 Å². The highest BCUT2D eigenvalue weighted by Crippen LogP contribution is 2.33. The number of piperazine rings is 1. The van der Waals surface area contributed by atoms with Crippen LogP contribution in [0.2, 0.25) is 5.02 Å². The van der Waals surface area contributed by atoms with Gasteiger partial charge in [0.15, 0.2) is 0 Å². The highest BCUT2D eigenvalue weighted by atomic mass is 35.5. The van der Waals surface area contributed by atoms with Gasteiger partial charge < -0.3 is 30.4 Å². The molecule has 274 valence electrons. The number of likely N-dealkylation sites (tertiary alicyclic amines) is 1. The van der Waals surface area contributed by atoms with Crippen LogP contribution in [0.4, 0.5) is 5.69 Å². The number of hydrogen-bond donors (Lipinski definition) is 3. The van der Waals surface area contributed by atoms with Crippen LogP contribution in [0, 0.1) is 0 Å². The Bertz CT molecular complexity index is 2070. The number of likely N-dealkylation sites (N-methyl/N-ethyl adjacent to an activating group) is 1. The molecule has 3 aliphatic rings. The quantitative estimate of drug-likeness (QED) is 0.236. The van der Waals surface area contributed by atoms with Gasteiger partial charge >= 0.3 is 0 Å². The van der Waals surface area contributed by atoms with Crippen LogP contribution in [0.3, 0.4) is 0 Å². The van der Waals surface area contributed by atoms with E-state index in [-0.39, 0.29) is 62.3 Å². The number of carbonyl (C=O) groups excluding carboxylic acids is 3. The molecule has 2 aromatic carbocycles. The van der Waals surface area contributed by atoms with Gasteiger partial charge in [0.25, 0.3) is 11.5 Å². The van der Waals surface area contributed by atoms with Crippen LogP contribution < -0.4 is 16.2 Å². The molecule has 3 N–H and O–H groups in total. The topological polar surface area (TPSA) is 153 Å². The van der Waals surface area contributed by atoms with Crippen LogP contribution in [-0.2, 0) is 29.0 Å². The van der Waals surface area contributed by atoms with Gasteiger partial charge in [0.1, 0.15) is 0 Å². The maximum absolute atomic E-state index is 13.4. The van der Waals surface area contributed by atoms with Crippen molar-refractivity contribution in [2.75, 3.05) is 64.7 Å². The van der Waals surface area contributed by atoms with E-state index >= 15 is 0 Å². The lowest BCUT2D eigenvalue weighted by Gasteiger charge is -2.38. The number of halogens is 1. The fourth-order valence-electron chi connectivity index (χ4n) is 7.43. The number of aromatic nitrogens is 3. The number of piperidine rings is 1. The van der Waals surface area contributed by atoms with Crippen LogP contribution in [-0.4, -0.2) is 117 Å². The van der Waals surface area contributed by atoms with E-state index in [1.807, 2.05) is 6.07 Å². The molecule has 1 aliphatic carbocycles. The summed E-state index contributed by atoms with van der Waals surface area (Å²) in [6, 6.07) is 10.3. The number of fused-ring (bicyclic) bond motifs is 3. The number of rotatable bonds is 9. The molecule has 2 fully saturated rings. The Morgan fingerprint density at radius 3 is 2.48 bits per heavy atom. The Morgan fingerprint density at radius 2 is 1.69 bits per heavy atom. The monoisotopic (exact) mass is 728 g/mol. The summed E-state index contributed by atoms with van der Waals surface area (Å²) in [4.78, 5) is 67.4. The van der Waals surface area contributed by atoms with Crippen molar-refractivity contribution in [1.82, 2.24) is 34.6 Å². The highest BCUT2D eigenvalue weighted by Gasteiger charge is 2.35. The summed E-state index contributed by atoms with van der Waals surface area (Å²) in [5.74, 6) is -0.719. The summed E-state index contributed by atoms with van der Waals surface area (Å²) < 4.78 is 1.40. The first kappa shape index (κ1) is 36.0. The van der Waals surface area contributed by atoms with Crippen molar-refractivity contribution in [2.45, 2.75) is 57.1 Å². The molecular weight excluding hydrogens is 684 g/mol. The van der Waals surface area contributed by atoms with Crippen molar-refractivity contribution in [1.29, 1.82) is 0 Å². The van der Waals surface area contributed by atoms with Gasteiger partial charge in [0, 0.05) is 74.6 Å². The summed E-state index contributed by atoms with van der Waals surface area (Å²) in [5, 5.41) is 19.0. The first-order valence-electron chi connectivity index (χ1n) is 18.1. The predicted molar refractivity (Wildman–Crippen MR) is 200 cm³/mol. The molecule has 2 aromatic heterocycles. The van der Waals surface area contributed by atoms with Crippen LogP contribution >= 0.6 is 11.6 Å². The van der Waals surface area contributed by atoms with Crippen LogP contribution in [0.25, 0.3) is 21.8 Å². The lowest BCUT2D eigenvalue weighted by molar-refractivity contribution is -0.134. The number of anilines is 1. The van der Waals surface area contributed by atoms with E-state index in [0.29, 0.717) is 45.7 Å². The van der Waals surface area contributed by atoms with Crippen molar-refractivity contribution in [2.24, 2.45) is 0 Å². The van der Waals surface area contributed by atoms with Gasteiger partial charge in [-0.3, -0.25) is 28.7 Å². The number of nitrogens with one attached hydrogen (secondary N) is 2. The first-order chi connectivity index (χ1) is 25.0. The van der Waals surface area contributed by atoms with Crippen LogP contribution in [0.15, 0.2) is 47.5 Å². The predicted octanol–water partition coefficient (Wildman–Crippen LogP) is 2.84. The van der Waals surface area contributed by atoms with Gasteiger partial charge in [-0.05, 0) is 81.5 Å². The van der Waals surface area contributed by atoms with Crippen molar-refractivity contribution in [3.63, 3.8) is 0 Å². The molecular formula is C38H45ClN8O5. The molecule has 0 atom stereocenters. The molecule has 13 nitrogen and oxygen atoms in total. The molecule has 0 spiro atoms. The molecule has 3 amide bonds. The van der Waals surface area contributed by atoms with Gasteiger partial charge in [0.2, 0.25) is 11.8 Å². The zero-order chi connectivity index (χ0) is 36.4. The number of aryl methyl sites for hydroxylation is 1. The van der Waals surface area contributed by atoms with E-state index in [2.05, 4.69) is 32.5 Å². The largest absolute Gasteiger partial charge is 0.388 e. The Labute approximate surface area is 306 Å². The molecule has 52 heavy (non-hydrogen) atoms. The number of benzene rings is 2. The van der Waals surface area contributed by atoms with Crippen LogP contribution in [0.5, 0.6) is 0 Å². The van der Waals surface area contributed by atoms with E-state index in [1.54, 1.807) is 35.2 Å². The summed E-state index contributed by atoms with van der Waals surface area (Å²) >= 11 is 6.68. The summed E-state index contributed by atoms with van der Waals surface area (Å²) in [6.07, 6.45) is 6.27. The number of nitrogens with zero attached hydrogens (tertiary/aromatic N) is 6. The van der Waals surface area contributed by atoms with Gasteiger partial charge in [-0.25, -0.2) is 4.98 Å². The Balaban J connectivity index is 0.900. The normalized spacial score (nSPS) is 17.9. The SMILES string of the molecule is CN1CCN(CCC(=O)Nc2ccc3c(=O)n(CC4(O)CCN(C(=O)CNC(=O)c5ccc6c(Cl)c7c(nc6c5)CCCC7)CC4)cnc3c2)CC1. The van der Waals surface area contributed by atoms with E-state index < -0.39 is 5.60 Å². The average Bonchev–Trinajstić information content (AvgIpc) is 3.15. The fourth-order valence-corrected chi connectivity index (χ4v) is 7.79. The highest BCUT2D eigenvalue weighted by molar-refractivity contribution is 6.36. The van der Waals surface area contributed by atoms with Crippen LogP contribution in [0.1, 0.15) is 53.7 Å². The first-order valence-corrected chi connectivity index (χ1v) is 18.5. The Morgan fingerprint density at radius 1 is 0.942 bits per heavy atom. The van der Waals surface area contributed by atoms with Gasteiger partial charge in [-0.1, -0.05) is 17.7 Å². The molecule has 2 aliphatic heterocycles. The lowest BCUT2D eigenvalue weighted by atomic mass is 9.91. The molecule has 0 unspecified atom stereocenters. The molecule has 0 radical (unpaired) electrons. The molecule has 4 heterocycles. The molecule has 14 heteroatoms. The smallest absolute Gasteiger partial charge is 0.261 e. The minimum atomic E-state index is -1.21. The van der Waals surface area contributed by atoms with E-state index in [1.165, 1.54) is 10.9 Å². The van der Waals surface area contributed by atoms with E-state index in [0.717, 1.165) is 68.5 Å². The third kappa shape index (κ3) is 7.97. The summed E-state index contributed by atoms with van der Waals surface area (Å²) in [6.45, 7) is 5.00. The fraction of sp³-hybridized carbons (Fsp3) is 0.474. The number of carbonyl (C=O) groups is 3. The molecule has 0 bridgehead atoms. The Hall–Kier alpha value is -4.43. The number of amides is 3. The van der Waals surface area contributed by atoms with Crippen molar-refractivity contribution in [3.05, 3.63) is 74.9 Å². The zero-order valence-corrected chi connectivity index (χ0v) is 30.3. The summed E-state index contributed by atoms with van der Waals surface area (Å²) in [7, 11) is 2.10. The second kappa shape index (κ2) is 15.3. The third-order valence-electron chi connectivity index (χ3n) is 10.7. The number of aliphatic hydroxyl groups is 1. The van der Waals surface area contributed by atoms with Gasteiger partial charge in [0.05, 0.1) is 46.5 Å². The van der Waals surface area contributed by atoms with Crippen molar-refractivity contribution < 1.29 is 19.5 Å². The van der Waals surface area contributed by atoms with Crippen molar-refractivity contribution >= 4 is 56.8 Å². The average molecular weight is 729 g/mol. The molecule has 2 saturated heterocycles. The Kier molecular flexibility index (Phi) is 10.6. The minimum absolute atomic E-state index is 0.0293. The lowest BCUT2D eigenvalue weighted by Crippen LogP contribution is -2.51. The number of hydrogen-bond acceptors (Lipinski definition) is 9. The second-order valence-corrected chi connectivity index (χ2v) is 14.8. The summed E-state index contributed by atoms with van der Waals surface area (Å²) in [5.41, 5.74) is 2.68. The standard InChI is InChI=1S/C38H45ClN8O5/c1-44-16-18-45(19-17-44)13-10-33(48)42-26-7-9-29-31(21-26)41-24-47(37(29)51)23-38(52)11-14-46(15-12-38)34(49)22-40-36(50)25-6-8-28-32(20-25)43-30-5-3-2-4-27(30)35(28)39/h6-9,20-21,24,52H,2-5,10-19,22-23H2,1H3,(H,40,50)(H,42,48).